The lowest BCUT2D eigenvalue weighted by Crippen LogP contribution is -2.51. The van der Waals surface area contributed by atoms with Crippen LogP contribution < -0.4 is 5.73 Å². The maximum atomic E-state index is 9.70. The lowest BCUT2D eigenvalue weighted by atomic mass is 9.63. The molecule has 0 heterocycles. The number of benzene rings is 1. The number of hydrogen-bond acceptors (Lipinski definition) is 2. The molecule has 1 aromatic carbocycles. The van der Waals surface area contributed by atoms with E-state index in [4.69, 9.17) is 5.73 Å². The van der Waals surface area contributed by atoms with Crippen LogP contribution in [0.4, 0.5) is 0 Å². The van der Waals surface area contributed by atoms with Crippen LogP contribution in [0.3, 0.4) is 0 Å². The van der Waals surface area contributed by atoms with Gasteiger partial charge in [0, 0.05) is 11.5 Å². The first-order valence-electron chi connectivity index (χ1n) is 6.34. The topological polar surface area (TPSA) is 46.2 Å². The minimum absolute atomic E-state index is 0.0238. The fourth-order valence-corrected chi connectivity index (χ4v) is 3.46. The second-order valence-electron chi connectivity index (χ2n) is 5.66. The highest BCUT2D eigenvalue weighted by Crippen LogP contribution is 2.45. The molecule has 0 amide bonds. The number of aromatic hydroxyl groups is 1. The number of phenolic OH excluding ortho intramolecular Hbond substituents is 1. The van der Waals surface area contributed by atoms with E-state index in [1.165, 1.54) is 11.1 Å². The maximum absolute atomic E-state index is 9.70. The molecule has 2 aliphatic carbocycles. The van der Waals surface area contributed by atoms with Gasteiger partial charge in [0.2, 0.25) is 0 Å². The molecule has 0 saturated carbocycles. The van der Waals surface area contributed by atoms with E-state index in [9.17, 15) is 5.11 Å². The van der Waals surface area contributed by atoms with Gasteiger partial charge in [-0.1, -0.05) is 25.1 Å². The molecule has 90 valence electrons. The van der Waals surface area contributed by atoms with Gasteiger partial charge in [0.25, 0.3) is 0 Å². The van der Waals surface area contributed by atoms with Crippen molar-refractivity contribution in [1.29, 1.82) is 0 Å². The Hall–Kier alpha value is -1.28. The van der Waals surface area contributed by atoms with E-state index in [-0.39, 0.29) is 11.5 Å². The number of allylic oxidation sites excluding steroid dienone is 2. The van der Waals surface area contributed by atoms with Crippen LogP contribution in [0.25, 0.3) is 0 Å². The smallest absolute Gasteiger partial charge is 0.115 e. The minimum atomic E-state index is -0.0238. The number of rotatable bonds is 0. The van der Waals surface area contributed by atoms with Crippen molar-refractivity contribution in [1.82, 2.24) is 0 Å². The summed E-state index contributed by atoms with van der Waals surface area (Å²) in [6.45, 7) is 2.23. The van der Waals surface area contributed by atoms with Crippen molar-refractivity contribution in [3.05, 3.63) is 41.5 Å². The zero-order chi connectivity index (χ0) is 12.0. The van der Waals surface area contributed by atoms with E-state index in [0.29, 0.717) is 11.7 Å². The van der Waals surface area contributed by atoms with Crippen molar-refractivity contribution in [2.45, 2.75) is 37.6 Å². The van der Waals surface area contributed by atoms with Crippen molar-refractivity contribution in [3.63, 3.8) is 0 Å². The Morgan fingerprint density at radius 3 is 3.00 bits per heavy atom. The number of fused-ring (bicyclic) bond motifs is 4. The van der Waals surface area contributed by atoms with Gasteiger partial charge in [0.05, 0.1) is 0 Å². The predicted octanol–water partition coefficient (Wildman–Crippen LogP) is 2.50. The highest BCUT2D eigenvalue weighted by molar-refractivity contribution is 5.44. The van der Waals surface area contributed by atoms with Gasteiger partial charge in [-0.25, -0.2) is 0 Å². The Kier molecular flexibility index (Phi) is 2.30. The van der Waals surface area contributed by atoms with Crippen molar-refractivity contribution >= 4 is 0 Å². The molecule has 17 heavy (non-hydrogen) atoms. The summed E-state index contributed by atoms with van der Waals surface area (Å²) in [5, 5.41) is 9.70. The second kappa shape index (κ2) is 3.61. The molecule has 2 bridgehead atoms. The number of nitrogens with two attached hydrogens (primary N) is 1. The van der Waals surface area contributed by atoms with Gasteiger partial charge in [0.1, 0.15) is 5.75 Å². The second-order valence-corrected chi connectivity index (χ2v) is 5.66. The van der Waals surface area contributed by atoms with Crippen LogP contribution in [-0.2, 0) is 11.8 Å². The first-order chi connectivity index (χ1) is 8.11. The monoisotopic (exact) mass is 229 g/mol. The Bertz CT molecular complexity index is 480. The summed E-state index contributed by atoms with van der Waals surface area (Å²) in [4.78, 5) is 0. The molecule has 0 fully saturated rings. The first kappa shape index (κ1) is 10.8. The van der Waals surface area contributed by atoms with Crippen LogP contribution in [0.15, 0.2) is 30.4 Å². The average Bonchev–Trinajstić information content (AvgIpc) is 2.41. The van der Waals surface area contributed by atoms with Crippen LogP contribution in [0.1, 0.15) is 30.9 Å². The molecular weight excluding hydrogens is 210 g/mol. The average molecular weight is 229 g/mol. The SMILES string of the molecule is C[C@@]12CC=CCC(Cc3ccc(O)cc31)[C@@H]2N. The molecule has 3 N–H and O–H groups in total. The Morgan fingerprint density at radius 2 is 2.18 bits per heavy atom. The maximum Gasteiger partial charge on any atom is 0.115 e. The summed E-state index contributed by atoms with van der Waals surface area (Å²) >= 11 is 0. The van der Waals surface area contributed by atoms with Crippen molar-refractivity contribution in [2.24, 2.45) is 11.7 Å². The molecule has 2 aliphatic rings. The normalized spacial score (nSPS) is 35.2. The van der Waals surface area contributed by atoms with Crippen molar-refractivity contribution in [2.75, 3.05) is 0 Å². The fraction of sp³-hybridized carbons (Fsp3) is 0.467. The molecule has 1 aromatic rings. The molecule has 2 heteroatoms. The van der Waals surface area contributed by atoms with E-state index in [0.717, 1.165) is 19.3 Å². The third-order valence-corrected chi connectivity index (χ3v) is 4.58. The lowest BCUT2D eigenvalue weighted by molar-refractivity contribution is 0.260. The Labute approximate surface area is 102 Å². The van der Waals surface area contributed by atoms with Crippen LogP contribution >= 0.6 is 0 Å². The molecular formula is C15H19NO. The molecule has 0 aliphatic heterocycles. The molecule has 3 rings (SSSR count). The summed E-state index contributed by atoms with van der Waals surface area (Å²) in [7, 11) is 0. The molecule has 0 saturated heterocycles. The largest absolute Gasteiger partial charge is 0.508 e. The molecule has 1 unspecified atom stereocenters. The van der Waals surface area contributed by atoms with E-state index in [2.05, 4.69) is 25.1 Å². The minimum Gasteiger partial charge on any atom is -0.508 e. The van der Waals surface area contributed by atoms with Gasteiger partial charge in [-0.15, -0.1) is 0 Å². The summed E-state index contributed by atoms with van der Waals surface area (Å²) in [6, 6.07) is 5.95. The summed E-state index contributed by atoms with van der Waals surface area (Å²) in [5.74, 6) is 0.889. The number of phenols is 1. The van der Waals surface area contributed by atoms with Gasteiger partial charge in [-0.2, -0.15) is 0 Å². The van der Waals surface area contributed by atoms with E-state index in [1.54, 1.807) is 6.07 Å². The highest BCUT2D eigenvalue weighted by atomic mass is 16.3. The summed E-state index contributed by atoms with van der Waals surface area (Å²) in [5.41, 5.74) is 9.04. The molecule has 0 spiro atoms. The van der Waals surface area contributed by atoms with E-state index in [1.807, 2.05) is 6.07 Å². The third kappa shape index (κ3) is 1.51. The standard InChI is InChI=1S/C15H19NO/c1-15-7-3-2-4-11(14(15)16)8-10-5-6-12(17)9-13(10)15/h2-3,5-6,9,11,14,17H,4,7-8,16H2,1H3/t11?,14-,15+/m0/s1. The van der Waals surface area contributed by atoms with E-state index < -0.39 is 0 Å². The molecule has 2 nitrogen and oxygen atoms in total. The van der Waals surface area contributed by atoms with Crippen LogP contribution in [-0.4, -0.2) is 11.1 Å². The molecule has 0 aromatic heterocycles. The van der Waals surface area contributed by atoms with Crippen molar-refractivity contribution < 1.29 is 5.11 Å². The predicted molar refractivity (Wildman–Crippen MR) is 69.0 cm³/mol. The number of hydrogen-bond donors (Lipinski definition) is 2. The van der Waals surface area contributed by atoms with E-state index >= 15 is 0 Å². The van der Waals surface area contributed by atoms with Crippen LogP contribution in [0.2, 0.25) is 0 Å². The Balaban J connectivity index is 2.19. The van der Waals surface area contributed by atoms with Gasteiger partial charge in [-0.05, 0) is 48.4 Å². The lowest BCUT2D eigenvalue weighted by Gasteiger charge is -2.44. The molecule has 3 atom stereocenters. The van der Waals surface area contributed by atoms with Crippen molar-refractivity contribution in [3.8, 4) is 5.75 Å². The highest BCUT2D eigenvalue weighted by Gasteiger charge is 2.43. The van der Waals surface area contributed by atoms with Gasteiger partial charge < -0.3 is 10.8 Å². The first-order valence-corrected chi connectivity index (χ1v) is 6.34. The van der Waals surface area contributed by atoms with Crippen LogP contribution in [0.5, 0.6) is 5.75 Å². The third-order valence-electron chi connectivity index (χ3n) is 4.58. The summed E-state index contributed by atoms with van der Waals surface area (Å²) in [6.07, 6.45) is 7.61. The summed E-state index contributed by atoms with van der Waals surface area (Å²) < 4.78 is 0. The van der Waals surface area contributed by atoms with Gasteiger partial charge in [0.15, 0.2) is 0 Å². The Morgan fingerprint density at radius 1 is 1.35 bits per heavy atom. The fourth-order valence-electron chi connectivity index (χ4n) is 3.46. The quantitative estimate of drug-likeness (QED) is 0.671. The zero-order valence-corrected chi connectivity index (χ0v) is 10.2. The molecule has 0 radical (unpaired) electrons. The van der Waals surface area contributed by atoms with Crippen LogP contribution in [0, 0.1) is 5.92 Å². The van der Waals surface area contributed by atoms with Gasteiger partial charge >= 0.3 is 0 Å². The zero-order valence-electron chi connectivity index (χ0n) is 10.2. The van der Waals surface area contributed by atoms with Gasteiger partial charge in [-0.3, -0.25) is 0 Å².